The largest absolute Gasteiger partial charge is 0.508 e. The third-order valence-electron chi connectivity index (χ3n) is 7.11. The third kappa shape index (κ3) is 5.61. The smallest absolute Gasteiger partial charge is 0.402 e. The average molecular weight is 580 g/mol. The van der Waals surface area contributed by atoms with Gasteiger partial charge in [-0.15, -0.1) is 0 Å². The Balaban J connectivity index is 1.44. The molecule has 2 aromatic carbocycles. The summed E-state index contributed by atoms with van der Waals surface area (Å²) >= 11 is 0. The summed E-state index contributed by atoms with van der Waals surface area (Å²) in [7, 11) is 0. The third-order valence-corrected chi connectivity index (χ3v) is 7.11. The topological polar surface area (TPSA) is 230 Å². The summed E-state index contributed by atoms with van der Waals surface area (Å²) in [4.78, 5) is 0. The van der Waals surface area contributed by atoms with Crippen molar-refractivity contribution in [3.8, 4) is 34.3 Å². The van der Waals surface area contributed by atoms with Gasteiger partial charge >= 0.3 is 11.3 Å². The first-order chi connectivity index (χ1) is 19.5. The van der Waals surface area contributed by atoms with Gasteiger partial charge in [-0.3, -0.25) is 0 Å². The van der Waals surface area contributed by atoms with E-state index in [0.29, 0.717) is 5.56 Å². The fourth-order valence-electron chi connectivity index (χ4n) is 4.81. The van der Waals surface area contributed by atoms with Crippen LogP contribution < -0.4 is 4.74 Å². The van der Waals surface area contributed by atoms with Gasteiger partial charge in [-0.25, -0.2) is 4.42 Å². The summed E-state index contributed by atoms with van der Waals surface area (Å²) in [6.07, 6.45) is -15.2. The average Bonchev–Trinajstić information content (AvgIpc) is 2.94. The Morgan fingerprint density at radius 2 is 1.46 bits per heavy atom. The maximum absolute atomic E-state index is 10.9. The summed E-state index contributed by atoms with van der Waals surface area (Å²) in [5, 5.41) is 92.3. The van der Waals surface area contributed by atoms with Gasteiger partial charge in [0.2, 0.25) is 12.0 Å². The van der Waals surface area contributed by atoms with Gasteiger partial charge in [-0.05, 0) is 31.2 Å². The highest BCUT2D eigenvalue weighted by Crippen LogP contribution is 2.41. The number of ether oxygens (including phenoxy) is 4. The molecule has 222 valence electrons. The molecule has 0 unspecified atom stereocenters. The minimum Gasteiger partial charge on any atom is -0.508 e. The predicted molar refractivity (Wildman–Crippen MR) is 137 cm³/mol. The molecule has 3 aromatic rings. The summed E-state index contributed by atoms with van der Waals surface area (Å²) in [5.74, 6) is -0.661. The number of hydrogen-bond acceptors (Lipinski definition) is 13. The van der Waals surface area contributed by atoms with Crippen molar-refractivity contribution < 1.29 is 69.3 Å². The van der Waals surface area contributed by atoms with Crippen molar-refractivity contribution in [3.63, 3.8) is 0 Å². The van der Waals surface area contributed by atoms with Crippen LogP contribution in [0.15, 0.2) is 46.9 Å². The number of hydrogen-bond donors (Lipinski definition) is 9. The number of rotatable bonds is 6. The molecule has 14 heteroatoms. The quantitative estimate of drug-likeness (QED) is 0.168. The second-order valence-electron chi connectivity index (χ2n) is 9.97. The van der Waals surface area contributed by atoms with Gasteiger partial charge in [0.25, 0.3) is 0 Å². The summed E-state index contributed by atoms with van der Waals surface area (Å²) in [5.41, 5.74) is 0.476. The van der Waals surface area contributed by atoms with E-state index in [1.54, 1.807) is 0 Å². The number of phenolic OH excluding ortho intramolecular Hbond substituents is 3. The second kappa shape index (κ2) is 11.5. The lowest BCUT2D eigenvalue weighted by molar-refractivity contribution is -0.349. The van der Waals surface area contributed by atoms with Crippen LogP contribution in [-0.4, -0.2) is 114 Å². The van der Waals surface area contributed by atoms with Gasteiger partial charge in [-0.1, -0.05) is 0 Å². The van der Waals surface area contributed by atoms with E-state index in [4.69, 9.17) is 23.4 Å². The molecular formula is C27H31O14+. The molecule has 0 bridgehead atoms. The molecule has 2 saturated heterocycles. The number of fused-ring (bicyclic) bond motifs is 1. The summed E-state index contributed by atoms with van der Waals surface area (Å²) in [6, 6.07) is 9.48. The van der Waals surface area contributed by atoms with Gasteiger partial charge in [0.15, 0.2) is 6.29 Å². The van der Waals surface area contributed by atoms with Gasteiger partial charge < -0.3 is 64.9 Å². The van der Waals surface area contributed by atoms with Crippen molar-refractivity contribution in [3.05, 3.63) is 42.5 Å². The lowest BCUT2D eigenvalue weighted by atomic mass is 9.97. The van der Waals surface area contributed by atoms with Crippen LogP contribution >= 0.6 is 0 Å². The number of aliphatic hydroxyl groups excluding tert-OH is 6. The van der Waals surface area contributed by atoms with Crippen LogP contribution in [0.3, 0.4) is 0 Å². The molecule has 2 aliphatic rings. The van der Waals surface area contributed by atoms with Gasteiger partial charge in [0.1, 0.15) is 65.4 Å². The fraction of sp³-hybridized carbons (Fsp3) is 0.444. The van der Waals surface area contributed by atoms with E-state index in [2.05, 4.69) is 0 Å². The lowest BCUT2D eigenvalue weighted by Crippen LogP contribution is -2.64. The molecule has 3 heterocycles. The van der Waals surface area contributed by atoms with Gasteiger partial charge in [0.05, 0.1) is 24.3 Å². The van der Waals surface area contributed by atoms with Gasteiger partial charge in [0, 0.05) is 12.1 Å². The van der Waals surface area contributed by atoms with Crippen LogP contribution in [0.5, 0.6) is 23.0 Å². The van der Waals surface area contributed by atoms with Crippen LogP contribution in [-0.2, 0) is 14.2 Å². The van der Waals surface area contributed by atoms with E-state index < -0.39 is 68.0 Å². The molecule has 5 rings (SSSR count). The Hall–Kier alpha value is -3.31. The monoisotopic (exact) mass is 579 g/mol. The molecule has 2 aliphatic heterocycles. The first-order valence-corrected chi connectivity index (χ1v) is 12.7. The van der Waals surface area contributed by atoms with Crippen LogP contribution in [0, 0.1) is 0 Å². The molecule has 0 spiro atoms. The second-order valence-corrected chi connectivity index (χ2v) is 9.97. The van der Waals surface area contributed by atoms with Crippen molar-refractivity contribution in [2.75, 3.05) is 6.61 Å². The Bertz CT molecular complexity index is 1360. The number of aromatic hydroxyl groups is 3. The predicted octanol–water partition coefficient (Wildman–Crippen LogP) is -0.472. The zero-order chi connectivity index (χ0) is 29.6. The molecule has 9 N–H and O–H groups in total. The normalized spacial score (nSPS) is 34.0. The van der Waals surface area contributed by atoms with E-state index >= 15 is 0 Å². The van der Waals surface area contributed by atoms with E-state index in [1.807, 2.05) is 0 Å². The molecule has 0 radical (unpaired) electrons. The zero-order valence-corrected chi connectivity index (χ0v) is 21.6. The zero-order valence-electron chi connectivity index (χ0n) is 21.6. The van der Waals surface area contributed by atoms with Crippen LogP contribution in [0.2, 0.25) is 0 Å². The Labute approximate surface area is 232 Å². The number of aliphatic hydroxyl groups is 6. The molecule has 0 amide bonds. The van der Waals surface area contributed by atoms with E-state index in [0.717, 1.165) is 6.07 Å². The highest BCUT2D eigenvalue weighted by atomic mass is 16.7. The molecule has 0 aliphatic carbocycles. The van der Waals surface area contributed by atoms with E-state index in [1.165, 1.54) is 43.3 Å². The highest BCUT2D eigenvalue weighted by Gasteiger charge is 2.51. The maximum atomic E-state index is 10.9. The molecule has 10 atom stereocenters. The van der Waals surface area contributed by atoms with Crippen LogP contribution in [0.1, 0.15) is 6.92 Å². The SMILES string of the molecule is C[C@@H]1O[C@@H](O[C@@H]2[C@H](O)[C@@H](O)[C@H](Oc3cc4c(O)cc(O)cc4[o+]c3-c3ccc(O)cc3)O[C@@H]2CO)[C@H](O)[C@H](O)[C@H]1O. The fourth-order valence-corrected chi connectivity index (χ4v) is 4.81. The maximum Gasteiger partial charge on any atom is 0.402 e. The van der Waals surface area contributed by atoms with E-state index in [9.17, 15) is 46.0 Å². The molecule has 0 saturated carbocycles. The molecule has 2 fully saturated rings. The molecule has 1 aromatic heterocycles. The molecular weight excluding hydrogens is 548 g/mol. The van der Waals surface area contributed by atoms with Crippen molar-refractivity contribution in [1.82, 2.24) is 0 Å². The standard InChI is InChI=1S/C27H30O14/c1-10-19(32)20(33)22(35)26(37-10)41-25-18(9-28)40-27(23(36)21(25)34)39-17-8-14-15(31)6-13(30)7-16(14)38-24(17)11-2-4-12(29)5-3-11/h2-8,10,18-23,25-28,32-36H,9H2,1H3,(H2-,29,30,31)/p+1/t10-,18+,19-,20+,21+,22+,23+,25-,26-,27+/m0/s1. The Kier molecular flexibility index (Phi) is 8.20. The number of benzene rings is 2. The first-order valence-electron chi connectivity index (χ1n) is 12.7. The molecule has 14 nitrogen and oxygen atoms in total. The van der Waals surface area contributed by atoms with Crippen molar-refractivity contribution >= 4 is 11.0 Å². The minimum absolute atomic E-state index is 0.0261. The van der Waals surface area contributed by atoms with Crippen LogP contribution in [0.25, 0.3) is 22.3 Å². The van der Waals surface area contributed by atoms with Crippen molar-refractivity contribution in [1.29, 1.82) is 0 Å². The van der Waals surface area contributed by atoms with Crippen molar-refractivity contribution in [2.45, 2.75) is 68.3 Å². The van der Waals surface area contributed by atoms with E-state index in [-0.39, 0.29) is 39.7 Å². The van der Waals surface area contributed by atoms with Crippen LogP contribution in [0.4, 0.5) is 0 Å². The molecule has 41 heavy (non-hydrogen) atoms. The first kappa shape index (κ1) is 29.2. The Morgan fingerprint density at radius 1 is 0.780 bits per heavy atom. The minimum atomic E-state index is -1.80. The van der Waals surface area contributed by atoms with Crippen molar-refractivity contribution in [2.24, 2.45) is 0 Å². The lowest BCUT2D eigenvalue weighted by Gasteiger charge is -2.45. The van der Waals surface area contributed by atoms with Gasteiger partial charge in [-0.2, -0.15) is 0 Å². The highest BCUT2D eigenvalue weighted by molar-refractivity contribution is 5.88. The summed E-state index contributed by atoms with van der Waals surface area (Å²) < 4.78 is 28.5. The Morgan fingerprint density at radius 3 is 2.15 bits per heavy atom. The summed E-state index contributed by atoms with van der Waals surface area (Å²) in [6.45, 7) is 0.705. The number of phenols is 3.